The summed E-state index contributed by atoms with van der Waals surface area (Å²) in [7, 11) is 1.56. The largest absolute Gasteiger partial charge is 0.401 e. The molecule has 1 aliphatic rings. The van der Waals surface area contributed by atoms with E-state index in [4.69, 9.17) is 0 Å². The Balaban J connectivity index is 0.00000144. The van der Waals surface area contributed by atoms with E-state index in [1.54, 1.807) is 11.9 Å². The van der Waals surface area contributed by atoms with E-state index in [0.717, 1.165) is 16.9 Å². The second-order valence-corrected chi connectivity index (χ2v) is 5.20. The second-order valence-electron chi connectivity index (χ2n) is 3.82. The molecule has 0 aliphatic carbocycles. The van der Waals surface area contributed by atoms with Gasteiger partial charge in [-0.25, -0.2) is 10.7 Å². The Kier molecular flexibility index (Phi) is 5.16. The van der Waals surface area contributed by atoms with Gasteiger partial charge in [-0.15, -0.1) is 6.26 Å². The minimum atomic E-state index is -0.209. The zero-order valence-corrected chi connectivity index (χ0v) is 13.6. The molecule has 0 atom stereocenters. The van der Waals surface area contributed by atoms with Crippen molar-refractivity contribution in [3.8, 4) is 0 Å². The number of urea groups is 1. The van der Waals surface area contributed by atoms with E-state index < -0.39 is 0 Å². The van der Waals surface area contributed by atoms with Gasteiger partial charge in [0.25, 0.3) is 0 Å². The van der Waals surface area contributed by atoms with Gasteiger partial charge in [-0.3, -0.25) is 0 Å². The second kappa shape index (κ2) is 5.98. The molecule has 0 unspecified atom stereocenters. The first-order chi connectivity index (χ1) is 7.56. The van der Waals surface area contributed by atoms with Gasteiger partial charge in [0.1, 0.15) is 0 Å². The molecule has 1 heterocycles. The Morgan fingerprint density at radius 3 is 2.88 bits per heavy atom. The van der Waals surface area contributed by atoms with Crippen LogP contribution in [-0.2, 0) is 49.5 Å². The van der Waals surface area contributed by atoms with E-state index >= 15 is 0 Å². The van der Waals surface area contributed by atoms with Gasteiger partial charge in [0.05, 0.1) is 0 Å². The molecule has 1 aromatic carbocycles. The van der Waals surface area contributed by atoms with Crippen LogP contribution in [-0.4, -0.2) is 30.1 Å². The molecule has 0 bridgehead atoms. The first-order valence-electron chi connectivity index (χ1n) is 4.89. The summed E-state index contributed by atoms with van der Waals surface area (Å²) in [6, 6.07) is 5.73. The molecule has 1 N–H and O–H groups in total. The fourth-order valence-corrected chi connectivity index (χ4v) is 2.08. The smallest absolute Gasteiger partial charge is 0.321 e. The topological polar surface area (TPSA) is 44.7 Å². The molecule has 0 fully saturated rings. The summed E-state index contributed by atoms with van der Waals surface area (Å²) in [6.45, 7) is 0.624. The van der Waals surface area contributed by atoms with Gasteiger partial charge < -0.3 is 24.9 Å². The summed E-state index contributed by atoms with van der Waals surface area (Å²) in [5.74, 6) is 3.85. The average molecular weight is 325 g/mol. The van der Waals surface area contributed by atoms with Crippen LogP contribution in [0.25, 0.3) is 0 Å². The van der Waals surface area contributed by atoms with Crippen LogP contribution in [0, 0.1) is 0 Å². The summed E-state index contributed by atoms with van der Waals surface area (Å²) >= 11 is 0. The monoisotopic (exact) mass is 325 g/mol. The van der Waals surface area contributed by atoms with Crippen LogP contribution in [0.1, 0.15) is 5.56 Å². The van der Waals surface area contributed by atoms with Gasteiger partial charge in [-0.1, -0.05) is 0 Å². The first-order valence-corrected chi connectivity index (χ1v) is 6.64. The summed E-state index contributed by atoms with van der Waals surface area (Å²) in [5, 5.41) is 2.82. The minimum absolute atomic E-state index is 0. The van der Waals surface area contributed by atoms with Gasteiger partial charge in [-0.2, -0.15) is 0 Å². The molecule has 2 amide bonds. The number of carbonyl (C=O) groups excluding carboxylic acids is 1. The molecule has 1 aliphatic heterocycles. The standard InChI is InChI=1S/C11H14N3OS.Y/c1-14-7-8-6-9(13-16(2)3)4-5-10(8)12-11(14)15;/h4-6H,2,7H2,1,3H3,(H,12,15);/q-1;. The number of hydrogen-bond acceptors (Lipinski definition) is 3. The molecule has 1 aromatic rings. The summed E-state index contributed by atoms with van der Waals surface area (Å²) < 4.78 is 4.40. The van der Waals surface area contributed by atoms with Crippen molar-refractivity contribution in [1.29, 1.82) is 0 Å². The maximum absolute atomic E-state index is 11.4. The number of rotatable bonds is 1. The third kappa shape index (κ3) is 3.53. The molecular weight excluding hydrogens is 311 g/mol. The number of nitrogens with one attached hydrogen (secondary N) is 1. The van der Waals surface area contributed by atoms with Crippen molar-refractivity contribution in [2.24, 2.45) is 4.36 Å². The third-order valence-electron chi connectivity index (χ3n) is 2.35. The molecule has 89 valence electrons. The molecule has 17 heavy (non-hydrogen) atoms. The van der Waals surface area contributed by atoms with Gasteiger partial charge in [0, 0.05) is 57.7 Å². The normalized spacial score (nSPS) is 15.9. The van der Waals surface area contributed by atoms with Crippen LogP contribution >= 0.6 is 0 Å². The van der Waals surface area contributed by atoms with E-state index in [1.165, 1.54) is 0 Å². The van der Waals surface area contributed by atoms with Crippen LogP contribution in [0.3, 0.4) is 0 Å². The Labute approximate surface area is 128 Å². The average Bonchev–Trinajstić information content (AvgIpc) is 2.19. The molecule has 2 rings (SSSR count). The number of amides is 2. The molecule has 1 radical (unpaired) electrons. The van der Waals surface area contributed by atoms with Crippen LogP contribution in [0.4, 0.5) is 16.2 Å². The number of benzene rings is 1. The zero-order valence-electron chi connectivity index (χ0n) is 9.93. The van der Waals surface area contributed by atoms with Gasteiger partial charge >= 0.3 is 6.03 Å². The van der Waals surface area contributed by atoms with Gasteiger partial charge in [-0.05, 0) is 23.8 Å². The number of hydrogen-bond donors (Lipinski definition) is 1. The van der Waals surface area contributed by atoms with Crippen LogP contribution in [0.2, 0.25) is 0 Å². The number of fused-ring (bicyclic) bond motifs is 1. The number of anilines is 1. The third-order valence-corrected chi connectivity index (χ3v) is 2.87. The van der Waals surface area contributed by atoms with Crippen LogP contribution < -0.4 is 5.32 Å². The van der Waals surface area contributed by atoms with Crippen molar-refractivity contribution in [3.63, 3.8) is 0 Å². The minimum Gasteiger partial charge on any atom is -0.401 e. The van der Waals surface area contributed by atoms with Crippen molar-refractivity contribution in [2.45, 2.75) is 6.54 Å². The molecule has 4 nitrogen and oxygen atoms in total. The number of nitrogens with zero attached hydrogens (tertiary/aromatic N) is 2. The molecule has 6 heteroatoms. The SMILES string of the molecule is C=[S-](C)=Nc1ccc2c(c1)CN(C)C(=O)N2.[Y]. The Bertz CT molecular complexity index is 523. The van der Waals surface area contributed by atoms with Gasteiger partial charge in [0.15, 0.2) is 0 Å². The van der Waals surface area contributed by atoms with Crippen molar-refractivity contribution in [1.82, 2.24) is 4.90 Å². The van der Waals surface area contributed by atoms with Crippen LogP contribution in [0.15, 0.2) is 22.6 Å². The quantitative estimate of drug-likeness (QED) is 0.624. The maximum atomic E-state index is 11.4. The van der Waals surface area contributed by atoms with E-state index in [2.05, 4.69) is 15.5 Å². The predicted molar refractivity (Wildman–Crippen MR) is 69.4 cm³/mol. The summed E-state index contributed by atoms with van der Waals surface area (Å²) in [4.78, 5) is 13.0. The Morgan fingerprint density at radius 1 is 1.53 bits per heavy atom. The molecule has 0 spiro atoms. The predicted octanol–water partition coefficient (Wildman–Crippen LogP) is 2.16. The van der Waals surface area contributed by atoms with Crippen molar-refractivity contribution in [2.75, 3.05) is 18.6 Å². The van der Waals surface area contributed by atoms with Crippen molar-refractivity contribution < 1.29 is 37.5 Å². The van der Waals surface area contributed by atoms with E-state index in [1.807, 2.05) is 24.5 Å². The maximum Gasteiger partial charge on any atom is 0.321 e. The van der Waals surface area contributed by atoms with Crippen LogP contribution in [0.5, 0.6) is 0 Å². The first kappa shape index (κ1) is 14.7. The molecular formula is C11H14N3OSY-. The Morgan fingerprint density at radius 2 is 2.24 bits per heavy atom. The van der Waals surface area contributed by atoms with E-state index in [-0.39, 0.29) is 49.0 Å². The van der Waals surface area contributed by atoms with Crippen molar-refractivity contribution >= 4 is 33.6 Å². The Hall–Kier alpha value is -0.386. The van der Waals surface area contributed by atoms with Gasteiger partial charge in [0.2, 0.25) is 0 Å². The summed E-state index contributed by atoms with van der Waals surface area (Å²) in [6.07, 6.45) is 1.97. The summed E-state index contributed by atoms with van der Waals surface area (Å²) in [5.41, 5.74) is 2.89. The molecule has 0 saturated carbocycles. The fourth-order valence-electron chi connectivity index (χ4n) is 1.61. The van der Waals surface area contributed by atoms with E-state index in [9.17, 15) is 4.79 Å². The molecule has 0 aromatic heterocycles. The fraction of sp³-hybridized carbons (Fsp3) is 0.273. The molecule has 0 saturated heterocycles. The number of carbonyl (C=O) groups is 1. The van der Waals surface area contributed by atoms with Crippen molar-refractivity contribution in [3.05, 3.63) is 23.8 Å². The zero-order chi connectivity index (χ0) is 11.7. The van der Waals surface area contributed by atoms with E-state index in [0.29, 0.717) is 6.54 Å².